The molecule has 0 aliphatic heterocycles. The summed E-state index contributed by atoms with van der Waals surface area (Å²) in [6.45, 7) is 6.48. The molecule has 0 bridgehead atoms. The van der Waals surface area contributed by atoms with E-state index in [1.54, 1.807) is 18.2 Å². The van der Waals surface area contributed by atoms with Crippen LogP contribution >= 0.6 is 0 Å². The maximum atomic E-state index is 10.3. The first-order chi connectivity index (χ1) is 17.7. The molecule has 172 valence electrons. The predicted octanol–water partition coefficient (Wildman–Crippen LogP) is 7.52. The second-order valence-corrected chi connectivity index (χ2v) is 9.61. The molecule has 3 heterocycles. The number of rotatable bonds is 3. The van der Waals surface area contributed by atoms with Crippen LogP contribution in [0.25, 0.3) is 38.5 Å². The van der Waals surface area contributed by atoms with E-state index in [0.717, 1.165) is 32.8 Å². The number of fused-ring (bicyclic) bond motifs is 4. The number of pyridine rings is 2. The Labute approximate surface area is 206 Å². The standard InChI is InChI=1S/C30H25N3O2/c1-30(2,3)22-17-20(35-27-15-14-19-9-8-12-25(34)29(19)32-27)18-24-28(22)21-10-4-5-11-23(21)33(24)26-13-6-7-16-31-26/h4-18,34H,1-3H3/i7D,13D. The van der Waals surface area contributed by atoms with Gasteiger partial charge in [0.1, 0.15) is 22.8 Å². The summed E-state index contributed by atoms with van der Waals surface area (Å²) in [6.07, 6.45) is 1.46. The van der Waals surface area contributed by atoms with Crippen LogP contribution in [-0.4, -0.2) is 19.6 Å². The van der Waals surface area contributed by atoms with Gasteiger partial charge < -0.3 is 9.84 Å². The molecule has 0 atom stereocenters. The monoisotopic (exact) mass is 461 g/mol. The van der Waals surface area contributed by atoms with Crippen molar-refractivity contribution in [1.29, 1.82) is 0 Å². The summed E-state index contributed by atoms with van der Waals surface area (Å²) in [7, 11) is 0. The number of ether oxygens (including phenoxy) is 1. The maximum Gasteiger partial charge on any atom is 0.219 e. The van der Waals surface area contributed by atoms with E-state index in [9.17, 15) is 5.11 Å². The first-order valence-corrected chi connectivity index (χ1v) is 11.5. The molecule has 0 aliphatic rings. The van der Waals surface area contributed by atoms with Crippen LogP contribution in [0, 0.1) is 0 Å². The highest BCUT2D eigenvalue weighted by molar-refractivity contribution is 6.11. The Kier molecular flexibility index (Phi) is 4.25. The number of phenols is 1. The Bertz CT molecular complexity index is 1840. The topological polar surface area (TPSA) is 60.2 Å². The molecule has 0 radical (unpaired) electrons. The van der Waals surface area contributed by atoms with Crippen LogP contribution in [0.5, 0.6) is 17.4 Å². The number of nitrogens with zero attached hydrogens (tertiary/aromatic N) is 3. The number of phenolic OH excluding ortho intramolecular Hbond substituents is 1. The highest BCUT2D eigenvalue weighted by Gasteiger charge is 2.24. The fourth-order valence-corrected chi connectivity index (χ4v) is 4.64. The van der Waals surface area contributed by atoms with E-state index >= 15 is 0 Å². The van der Waals surface area contributed by atoms with E-state index in [0.29, 0.717) is 23.0 Å². The van der Waals surface area contributed by atoms with Gasteiger partial charge in [0.2, 0.25) is 5.88 Å². The summed E-state index contributed by atoms with van der Waals surface area (Å²) in [4.78, 5) is 9.02. The number of aromatic nitrogens is 3. The summed E-state index contributed by atoms with van der Waals surface area (Å²) < 4.78 is 24.7. The van der Waals surface area contributed by atoms with Gasteiger partial charge in [-0.25, -0.2) is 9.97 Å². The quantitative estimate of drug-likeness (QED) is 0.296. The predicted molar refractivity (Wildman–Crippen MR) is 141 cm³/mol. The first kappa shape index (κ1) is 19.0. The summed E-state index contributed by atoms with van der Waals surface area (Å²) >= 11 is 0. The van der Waals surface area contributed by atoms with Gasteiger partial charge in [-0.3, -0.25) is 4.57 Å². The van der Waals surface area contributed by atoms with Gasteiger partial charge in [0.25, 0.3) is 0 Å². The Morgan fingerprint density at radius 2 is 1.80 bits per heavy atom. The van der Waals surface area contributed by atoms with Gasteiger partial charge in [-0.05, 0) is 47.3 Å². The Morgan fingerprint density at radius 1 is 0.943 bits per heavy atom. The molecule has 0 spiro atoms. The molecular formula is C30H25N3O2. The smallest absolute Gasteiger partial charge is 0.219 e. The van der Waals surface area contributed by atoms with Gasteiger partial charge in [-0.1, -0.05) is 57.2 Å². The van der Waals surface area contributed by atoms with E-state index in [-0.39, 0.29) is 23.2 Å². The van der Waals surface area contributed by atoms with Crippen molar-refractivity contribution in [2.75, 3.05) is 0 Å². The maximum absolute atomic E-state index is 10.3. The van der Waals surface area contributed by atoms with Crippen molar-refractivity contribution in [3.05, 3.63) is 96.6 Å². The molecular weight excluding hydrogens is 434 g/mol. The van der Waals surface area contributed by atoms with Gasteiger partial charge in [0.05, 0.1) is 13.8 Å². The molecule has 35 heavy (non-hydrogen) atoms. The summed E-state index contributed by atoms with van der Waals surface area (Å²) in [5, 5.41) is 13.2. The highest BCUT2D eigenvalue weighted by atomic mass is 16.5. The molecule has 5 heteroatoms. The zero-order chi connectivity index (χ0) is 25.9. The Morgan fingerprint density at radius 3 is 2.63 bits per heavy atom. The van der Waals surface area contributed by atoms with Crippen LogP contribution in [-0.2, 0) is 5.41 Å². The SMILES string of the molecule is [2H]c1cnc(-n2c3ccccc3c3c(C(C)(C)C)cc(Oc4ccc5cccc(O)c5n4)cc32)c([2H])c1. The molecule has 1 N–H and O–H groups in total. The molecule has 0 aliphatic carbocycles. The third-order valence-electron chi connectivity index (χ3n) is 6.21. The van der Waals surface area contributed by atoms with Crippen LogP contribution in [0.3, 0.4) is 0 Å². The molecule has 0 amide bonds. The van der Waals surface area contributed by atoms with Crippen molar-refractivity contribution < 1.29 is 12.6 Å². The molecule has 0 unspecified atom stereocenters. The number of hydrogen-bond donors (Lipinski definition) is 1. The van der Waals surface area contributed by atoms with E-state index in [1.165, 1.54) is 12.3 Å². The third kappa shape index (κ3) is 3.56. The lowest BCUT2D eigenvalue weighted by atomic mass is 9.84. The molecule has 3 aromatic heterocycles. The van der Waals surface area contributed by atoms with Crippen LogP contribution < -0.4 is 4.74 Å². The van der Waals surface area contributed by atoms with Crippen LogP contribution in [0.1, 0.15) is 29.1 Å². The van der Waals surface area contributed by atoms with E-state index < -0.39 is 0 Å². The molecule has 0 saturated carbocycles. The summed E-state index contributed by atoms with van der Waals surface area (Å²) in [6, 6.07) is 22.9. The van der Waals surface area contributed by atoms with Crippen molar-refractivity contribution in [3.63, 3.8) is 0 Å². The molecule has 6 rings (SSSR count). The van der Waals surface area contributed by atoms with E-state index in [4.69, 9.17) is 7.48 Å². The highest BCUT2D eigenvalue weighted by Crippen LogP contribution is 2.41. The summed E-state index contributed by atoms with van der Waals surface area (Å²) in [5.74, 6) is 1.51. The number of aromatic hydroxyl groups is 1. The lowest BCUT2D eigenvalue weighted by Gasteiger charge is -2.22. The van der Waals surface area contributed by atoms with Gasteiger partial charge in [-0.2, -0.15) is 0 Å². The van der Waals surface area contributed by atoms with Crippen molar-refractivity contribution in [2.24, 2.45) is 0 Å². The second kappa shape index (κ2) is 7.84. The first-order valence-electron chi connectivity index (χ1n) is 12.5. The lowest BCUT2D eigenvalue weighted by molar-refractivity contribution is 0.458. The zero-order valence-corrected chi connectivity index (χ0v) is 19.7. The molecule has 0 saturated heterocycles. The third-order valence-corrected chi connectivity index (χ3v) is 6.21. The molecule has 5 nitrogen and oxygen atoms in total. The summed E-state index contributed by atoms with van der Waals surface area (Å²) in [5.41, 5.74) is 3.12. The van der Waals surface area contributed by atoms with Gasteiger partial charge in [-0.15, -0.1) is 0 Å². The van der Waals surface area contributed by atoms with Gasteiger partial charge >= 0.3 is 0 Å². The van der Waals surface area contributed by atoms with Gasteiger partial charge in [0, 0.05) is 34.5 Å². The molecule has 0 fully saturated rings. The van der Waals surface area contributed by atoms with Gasteiger partial charge in [0.15, 0.2) is 0 Å². The van der Waals surface area contributed by atoms with Crippen molar-refractivity contribution >= 4 is 32.7 Å². The average molecular weight is 462 g/mol. The van der Waals surface area contributed by atoms with Crippen molar-refractivity contribution in [2.45, 2.75) is 26.2 Å². The second-order valence-electron chi connectivity index (χ2n) is 9.61. The Balaban J connectivity index is 1.64. The number of hydrogen-bond acceptors (Lipinski definition) is 4. The zero-order valence-electron chi connectivity index (χ0n) is 21.7. The molecule has 3 aromatic carbocycles. The fraction of sp³-hybridized carbons (Fsp3) is 0.133. The van der Waals surface area contributed by atoms with Crippen LogP contribution in [0.15, 0.2) is 91.1 Å². The van der Waals surface area contributed by atoms with Crippen molar-refractivity contribution in [1.82, 2.24) is 14.5 Å². The van der Waals surface area contributed by atoms with Crippen molar-refractivity contribution in [3.8, 4) is 23.2 Å². The average Bonchev–Trinajstić information content (AvgIpc) is 3.17. The number of benzene rings is 3. The lowest BCUT2D eigenvalue weighted by Crippen LogP contribution is -2.12. The fourth-order valence-electron chi connectivity index (χ4n) is 4.64. The minimum absolute atomic E-state index is 0.0980. The minimum atomic E-state index is -0.218. The Hall–Kier alpha value is -4.38. The normalized spacial score (nSPS) is 12.8. The van der Waals surface area contributed by atoms with Crippen LogP contribution in [0.2, 0.25) is 0 Å². The van der Waals surface area contributed by atoms with E-state index in [2.05, 4.69) is 36.8 Å². The molecule has 6 aromatic rings. The van der Waals surface area contributed by atoms with E-state index in [1.807, 2.05) is 47.0 Å². The van der Waals surface area contributed by atoms with Crippen LogP contribution in [0.4, 0.5) is 0 Å². The minimum Gasteiger partial charge on any atom is -0.506 e. The number of para-hydroxylation sites is 2. The largest absolute Gasteiger partial charge is 0.506 e.